The van der Waals surface area contributed by atoms with Crippen molar-refractivity contribution in [2.75, 3.05) is 0 Å². The highest BCUT2D eigenvalue weighted by Crippen LogP contribution is 2.46. The summed E-state index contributed by atoms with van der Waals surface area (Å²) in [6.07, 6.45) is 3.93. The Morgan fingerprint density at radius 2 is 1.38 bits per heavy atom. The predicted octanol–water partition coefficient (Wildman–Crippen LogP) is 5.37. The molecule has 0 aliphatic carbocycles. The molecule has 0 atom stereocenters. The summed E-state index contributed by atoms with van der Waals surface area (Å²) in [5.41, 5.74) is 1.09. The molecule has 0 saturated heterocycles. The maximum absolute atomic E-state index is 9.65. The summed E-state index contributed by atoms with van der Waals surface area (Å²) in [5.74, 6) is 0.668. The first-order valence-corrected chi connectivity index (χ1v) is 9.69. The van der Waals surface area contributed by atoms with Gasteiger partial charge < -0.3 is 9.79 Å². The summed E-state index contributed by atoms with van der Waals surface area (Å²) in [5, 5.41) is 0. The van der Waals surface area contributed by atoms with E-state index in [2.05, 4.69) is 13.8 Å². The molecule has 2 aromatic rings. The minimum Gasteiger partial charge on any atom is -0.328 e. The molecular weight excluding hydrogens is 319 g/mol. The van der Waals surface area contributed by atoms with Crippen LogP contribution in [0.25, 0.3) is 0 Å². The summed E-state index contributed by atoms with van der Waals surface area (Å²) in [6.45, 7) is 4.44. The molecule has 0 aromatic heterocycles. The van der Waals surface area contributed by atoms with Crippen LogP contribution in [-0.2, 0) is 10.1 Å². The molecule has 2 aromatic carbocycles. The smallest absolute Gasteiger partial charge is 0.328 e. The van der Waals surface area contributed by atoms with Gasteiger partial charge in [0.2, 0.25) is 0 Å². The molecule has 0 saturated carbocycles. The third-order valence-corrected chi connectivity index (χ3v) is 4.75. The zero-order valence-electron chi connectivity index (χ0n) is 14.4. The molecule has 3 nitrogen and oxygen atoms in total. The van der Waals surface area contributed by atoms with E-state index >= 15 is 0 Å². The third-order valence-electron chi connectivity index (χ3n) is 4.28. The molecule has 0 heterocycles. The monoisotopic (exact) mass is 346 g/mol. The Kier molecular flexibility index (Phi) is 7.39. The lowest BCUT2D eigenvalue weighted by Crippen LogP contribution is -2.30. The molecule has 0 fully saturated rings. The zero-order chi connectivity index (χ0) is 17.4. The minimum atomic E-state index is -2.47. The molecule has 0 radical (unpaired) electrons. The molecule has 2 N–H and O–H groups in total. The van der Waals surface area contributed by atoms with E-state index in [-0.39, 0.29) is 0 Å². The number of hydrogen-bond donors (Lipinski definition) is 2. The van der Waals surface area contributed by atoms with Crippen LogP contribution in [0, 0.1) is 5.92 Å². The predicted molar refractivity (Wildman–Crippen MR) is 99.4 cm³/mol. The molecule has 24 heavy (non-hydrogen) atoms. The van der Waals surface area contributed by atoms with Crippen LogP contribution in [-0.4, -0.2) is 9.79 Å². The Labute approximate surface area is 146 Å². The van der Waals surface area contributed by atoms with E-state index in [9.17, 15) is 9.79 Å². The highest BCUT2D eigenvalue weighted by Gasteiger charge is 2.37. The average Bonchev–Trinajstić information content (AvgIpc) is 2.58. The summed E-state index contributed by atoms with van der Waals surface area (Å²) >= 11 is 0. The van der Waals surface area contributed by atoms with Gasteiger partial charge in [-0.2, -0.15) is 0 Å². The van der Waals surface area contributed by atoms with Gasteiger partial charge in [0, 0.05) is 0 Å². The fourth-order valence-electron chi connectivity index (χ4n) is 3.09. The Bertz CT molecular complexity index is 545. The minimum absolute atomic E-state index is 0.668. The number of hydrogen-bond acceptors (Lipinski definition) is 3. The van der Waals surface area contributed by atoms with E-state index in [1.165, 1.54) is 0 Å². The van der Waals surface area contributed by atoms with E-state index in [1.807, 2.05) is 60.7 Å². The van der Waals surface area contributed by atoms with Crippen molar-refractivity contribution >= 4 is 8.60 Å². The van der Waals surface area contributed by atoms with Crippen LogP contribution < -0.4 is 0 Å². The van der Waals surface area contributed by atoms with Crippen molar-refractivity contribution in [1.82, 2.24) is 0 Å². The van der Waals surface area contributed by atoms with E-state index in [0.29, 0.717) is 12.3 Å². The van der Waals surface area contributed by atoms with Crippen molar-refractivity contribution < 1.29 is 14.3 Å². The van der Waals surface area contributed by atoms with Crippen LogP contribution in [0.2, 0.25) is 0 Å². The lowest BCUT2D eigenvalue weighted by molar-refractivity contribution is 0.0788. The van der Waals surface area contributed by atoms with Gasteiger partial charge in [0.15, 0.2) is 0 Å². The summed E-state index contributed by atoms with van der Waals surface area (Å²) < 4.78 is 5.79. The normalized spacial score (nSPS) is 12.1. The van der Waals surface area contributed by atoms with Gasteiger partial charge in [-0.05, 0) is 29.9 Å². The fraction of sp³-hybridized carbons (Fsp3) is 0.400. The second kappa shape index (κ2) is 9.29. The van der Waals surface area contributed by atoms with Gasteiger partial charge in [0.25, 0.3) is 0 Å². The molecule has 0 spiro atoms. The first kappa shape index (κ1) is 19.1. The van der Waals surface area contributed by atoms with Crippen molar-refractivity contribution in [2.45, 2.75) is 45.1 Å². The zero-order valence-corrected chi connectivity index (χ0v) is 15.3. The van der Waals surface area contributed by atoms with Gasteiger partial charge in [0.1, 0.15) is 5.60 Å². The molecule has 0 aliphatic rings. The second-order valence-electron chi connectivity index (χ2n) is 6.54. The first-order chi connectivity index (χ1) is 11.5. The second-order valence-corrected chi connectivity index (χ2v) is 7.23. The highest BCUT2D eigenvalue weighted by molar-refractivity contribution is 7.39. The van der Waals surface area contributed by atoms with Gasteiger partial charge in [-0.1, -0.05) is 87.4 Å². The lowest BCUT2D eigenvalue weighted by atomic mass is 9.82. The maximum Gasteiger partial charge on any atom is 0.328 e. The number of benzene rings is 2. The lowest BCUT2D eigenvalue weighted by Gasteiger charge is -2.35. The number of unbranched alkanes of at least 4 members (excludes halogenated alkanes) is 1. The van der Waals surface area contributed by atoms with Crippen molar-refractivity contribution in [3.63, 3.8) is 0 Å². The van der Waals surface area contributed by atoms with Gasteiger partial charge in [-0.3, -0.25) is 4.52 Å². The van der Waals surface area contributed by atoms with Crippen LogP contribution in [0.4, 0.5) is 0 Å². The van der Waals surface area contributed by atoms with Crippen LogP contribution in [0.1, 0.15) is 50.7 Å². The summed E-state index contributed by atoms with van der Waals surface area (Å²) in [4.78, 5) is 19.3. The molecule has 4 heteroatoms. The topological polar surface area (TPSA) is 49.7 Å². The maximum atomic E-state index is 9.65. The van der Waals surface area contributed by atoms with E-state index in [4.69, 9.17) is 4.52 Å². The van der Waals surface area contributed by atoms with Crippen molar-refractivity contribution in [3.8, 4) is 0 Å². The fourth-order valence-corrected chi connectivity index (χ4v) is 3.67. The van der Waals surface area contributed by atoms with Crippen LogP contribution in [0.5, 0.6) is 0 Å². The summed E-state index contributed by atoms with van der Waals surface area (Å²) in [6, 6.07) is 19.7. The largest absolute Gasteiger partial charge is 0.328 e. The van der Waals surface area contributed by atoms with Gasteiger partial charge in [-0.25, -0.2) is 0 Å². The Hall–Kier alpha value is -1.25. The van der Waals surface area contributed by atoms with Crippen molar-refractivity contribution in [2.24, 2.45) is 5.92 Å². The van der Waals surface area contributed by atoms with Gasteiger partial charge in [0.05, 0.1) is 0 Å². The Morgan fingerprint density at radius 1 is 0.875 bits per heavy atom. The summed E-state index contributed by atoms with van der Waals surface area (Å²) in [7, 11) is -2.47. The quantitative estimate of drug-likeness (QED) is 0.474. The molecule has 0 unspecified atom stereocenters. The van der Waals surface area contributed by atoms with Gasteiger partial charge >= 0.3 is 8.60 Å². The molecule has 130 valence electrons. The van der Waals surface area contributed by atoms with E-state index < -0.39 is 14.2 Å². The van der Waals surface area contributed by atoms with Crippen molar-refractivity contribution in [3.05, 3.63) is 71.8 Å². The number of rotatable bonds is 9. The third kappa shape index (κ3) is 5.12. The molecule has 0 aliphatic heterocycles. The van der Waals surface area contributed by atoms with Crippen LogP contribution in [0.3, 0.4) is 0 Å². The van der Waals surface area contributed by atoms with E-state index in [1.54, 1.807) is 0 Å². The average molecular weight is 346 g/mol. The van der Waals surface area contributed by atoms with E-state index in [0.717, 1.165) is 30.4 Å². The standard InChI is InChI=1S/C20H27O3P/c1-17(2)11-9-10-16-20(23-24(21)22,18-12-5-3-6-13-18)19-14-7-4-8-15-19/h3-8,12-15,17,21-22H,9-11,16H2,1-2H3. The molecule has 2 rings (SSSR count). The molecular formula is C20H27O3P. The van der Waals surface area contributed by atoms with Crippen LogP contribution in [0.15, 0.2) is 60.7 Å². The van der Waals surface area contributed by atoms with Crippen molar-refractivity contribution in [1.29, 1.82) is 0 Å². The molecule has 0 bridgehead atoms. The van der Waals surface area contributed by atoms with Crippen LogP contribution >= 0.6 is 8.60 Å². The highest BCUT2D eigenvalue weighted by atomic mass is 31.2. The first-order valence-electron chi connectivity index (χ1n) is 8.52. The molecule has 0 amide bonds. The Balaban J connectivity index is 2.36. The SMILES string of the molecule is CC(C)CCCCC(OP(O)O)(c1ccccc1)c1ccccc1. The van der Waals surface area contributed by atoms with Gasteiger partial charge in [-0.15, -0.1) is 0 Å². The Morgan fingerprint density at radius 3 is 1.79 bits per heavy atom.